The van der Waals surface area contributed by atoms with E-state index in [1.165, 1.54) is 37.4 Å². The molecule has 0 aliphatic heterocycles. The summed E-state index contributed by atoms with van der Waals surface area (Å²) in [6.07, 6.45) is -3.53. The molecule has 0 unspecified atom stereocenters. The third-order valence-electron chi connectivity index (χ3n) is 3.43. The van der Waals surface area contributed by atoms with Crippen molar-refractivity contribution in [2.75, 3.05) is 7.11 Å². The van der Waals surface area contributed by atoms with Crippen molar-refractivity contribution < 1.29 is 26.4 Å². The van der Waals surface area contributed by atoms with Gasteiger partial charge in [-0.2, -0.15) is 18.4 Å². The molecule has 1 heterocycles. The number of hydrogen-bond donors (Lipinski definition) is 0. The molecule has 27 heavy (non-hydrogen) atoms. The number of aromatic nitrogens is 1. The van der Waals surface area contributed by atoms with E-state index in [9.17, 15) is 21.6 Å². The molecule has 6 nitrogen and oxygen atoms in total. The third kappa shape index (κ3) is 4.56. The molecule has 0 bridgehead atoms. The third-order valence-corrected chi connectivity index (χ3v) is 5.67. The van der Waals surface area contributed by atoms with Gasteiger partial charge in [-0.05, 0) is 23.8 Å². The monoisotopic (exact) mass is 417 g/mol. The van der Waals surface area contributed by atoms with E-state index in [2.05, 4.69) is 15.0 Å². The second-order valence-corrected chi connectivity index (χ2v) is 7.61. The van der Waals surface area contributed by atoms with Gasteiger partial charge in [0.25, 0.3) is 0 Å². The lowest BCUT2D eigenvalue weighted by molar-refractivity contribution is -0.138. The van der Waals surface area contributed by atoms with Gasteiger partial charge >= 0.3 is 6.18 Å². The van der Waals surface area contributed by atoms with Crippen molar-refractivity contribution >= 4 is 27.7 Å². The number of nitrogens with zero attached hydrogens (tertiary/aromatic N) is 3. The second-order valence-electron chi connectivity index (χ2n) is 5.13. The number of oxime groups is 1. The van der Waals surface area contributed by atoms with Crippen molar-refractivity contribution in [2.45, 2.75) is 16.3 Å². The van der Waals surface area contributed by atoms with Gasteiger partial charge in [-0.1, -0.05) is 28.9 Å². The molecule has 0 radical (unpaired) electrons. The highest BCUT2D eigenvalue weighted by atomic mass is 35.5. The standard InChI is InChI=1S/C16H11ClF3N3O3S/c1-26-23-9-15(10-2-4-12(17)5-3-10)27(24,25)14-6-11(16(18,19)20)8-22-13(14)7-21/h2-6,8-9,15H,1H3/b23-9-/t15-/m0/s1. The number of hydrogen-bond acceptors (Lipinski definition) is 6. The Hall–Kier alpha value is -2.64. The highest BCUT2D eigenvalue weighted by molar-refractivity contribution is 7.92. The predicted molar refractivity (Wildman–Crippen MR) is 90.8 cm³/mol. The van der Waals surface area contributed by atoms with Crippen molar-refractivity contribution in [3.05, 3.63) is 58.4 Å². The first kappa shape index (κ1) is 20.7. The predicted octanol–water partition coefficient (Wildman–Crippen LogP) is 3.77. The highest BCUT2D eigenvalue weighted by Gasteiger charge is 2.36. The first-order valence-electron chi connectivity index (χ1n) is 7.14. The van der Waals surface area contributed by atoms with E-state index in [1.807, 2.05) is 0 Å². The Balaban J connectivity index is 2.70. The van der Waals surface area contributed by atoms with Crippen LogP contribution in [0, 0.1) is 11.3 Å². The summed E-state index contributed by atoms with van der Waals surface area (Å²) in [4.78, 5) is 6.99. The van der Waals surface area contributed by atoms with Crippen LogP contribution in [0.3, 0.4) is 0 Å². The summed E-state index contributed by atoms with van der Waals surface area (Å²) < 4.78 is 65.0. The smallest absolute Gasteiger partial charge is 0.399 e. The van der Waals surface area contributed by atoms with Gasteiger partial charge in [0, 0.05) is 11.2 Å². The van der Waals surface area contributed by atoms with Crippen molar-refractivity contribution in [3.8, 4) is 6.07 Å². The number of halogens is 4. The van der Waals surface area contributed by atoms with Crippen molar-refractivity contribution in [1.82, 2.24) is 4.98 Å². The van der Waals surface area contributed by atoms with Crippen LogP contribution in [0.1, 0.15) is 22.1 Å². The van der Waals surface area contributed by atoms with Gasteiger partial charge in [-0.3, -0.25) is 0 Å². The summed E-state index contributed by atoms with van der Waals surface area (Å²) in [6, 6.07) is 7.45. The minimum Gasteiger partial charge on any atom is -0.399 e. The van der Waals surface area contributed by atoms with Crippen LogP contribution >= 0.6 is 11.6 Å². The molecule has 2 aromatic rings. The van der Waals surface area contributed by atoms with Gasteiger partial charge in [-0.15, -0.1) is 0 Å². The Morgan fingerprint density at radius 1 is 1.33 bits per heavy atom. The lowest BCUT2D eigenvalue weighted by Crippen LogP contribution is -2.18. The van der Waals surface area contributed by atoms with Crippen LogP contribution in [0.2, 0.25) is 5.02 Å². The zero-order valence-electron chi connectivity index (χ0n) is 13.6. The zero-order valence-corrected chi connectivity index (χ0v) is 15.2. The van der Waals surface area contributed by atoms with Crippen LogP contribution in [-0.4, -0.2) is 26.7 Å². The molecule has 0 N–H and O–H groups in total. The molecule has 1 aromatic heterocycles. The van der Waals surface area contributed by atoms with E-state index >= 15 is 0 Å². The van der Waals surface area contributed by atoms with Crippen molar-refractivity contribution in [3.63, 3.8) is 0 Å². The summed E-state index contributed by atoms with van der Waals surface area (Å²) in [5.74, 6) is 0. The Labute approximate surface area is 157 Å². The summed E-state index contributed by atoms with van der Waals surface area (Å²) in [7, 11) is -3.35. The van der Waals surface area contributed by atoms with Gasteiger partial charge in [0.2, 0.25) is 0 Å². The summed E-state index contributed by atoms with van der Waals surface area (Å²) in [5, 5.41) is 11.3. The number of nitriles is 1. The second kappa shape index (κ2) is 7.94. The van der Waals surface area contributed by atoms with E-state index < -0.39 is 37.4 Å². The molecule has 0 fully saturated rings. The van der Waals surface area contributed by atoms with Gasteiger partial charge in [0.15, 0.2) is 15.5 Å². The lowest BCUT2D eigenvalue weighted by Gasteiger charge is -2.16. The normalized spacial score (nSPS) is 13.3. The Morgan fingerprint density at radius 2 is 1.96 bits per heavy atom. The highest BCUT2D eigenvalue weighted by Crippen LogP contribution is 2.34. The summed E-state index contributed by atoms with van der Waals surface area (Å²) >= 11 is 5.78. The number of pyridine rings is 1. The quantitative estimate of drug-likeness (QED) is 0.545. The van der Waals surface area contributed by atoms with E-state index in [4.69, 9.17) is 16.9 Å². The Morgan fingerprint density at radius 3 is 2.48 bits per heavy atom. The summed E-state index contributed by atoms with van der Waals surface area (Å²) in [5.41, 5.74) is -1.78. The van der Waals surface area contributed by atoms with E-state index in [-0.39, 0.29) is 5.56 Å². The minimum absolute atomic E-state index is 0.168. The van der Waals surface area contributed by atoms with Gasteiger partial charge < -0.3 is 4.84 Å². The van der Waals surface area contributed by atoms with E-state index in [0.717, 1.165) is 6.21 Å². The van der Waals surface area contributed by atoms with Crippen molar-refractivity contribution in [1.29, 1.82) is 5.26 Å². The van der Waals surface area contributed by atoms with Crippen LogP contribution in [-0.2, 0) is 20.9 Å². The van der Waals surface area contributed by atoms with Gasteiger partial charge in [0.1, 0.15) is 23.3 Å². The van der Waals surface area contributed by atoms with Crippen LogP contribution in [0.25, 0.3) is 0 Å². The maximum absolute atomic E-state index is 13.0. The molecule has 0 spiro atoms. The SMILES string of the molecule is CO/N=C\[C@@H](c1ccc(Cl)cc1)S(=O)(=O)c1cc(C(F)(F)F)cnc1C#N. The first-order chi connectivity index (χ1) is 12.6. The molecular weight excluding hydrogens is 407 g/mol. The number of sulfone groups is 1. The number of alkyl halides is 3. The molecule has 0 saturated carbocycles. The van der Waals surface area contributed by atoms with Crippen LogP contribution < -0.4 is 0 Å². The fourth-order valence-corrected chi connectivity index (χ4v) is 3.94. The molecule has 2 rings (SSSR count). The average molecular weight is 418 g/mol. The largest absolute Gasteiger partial charge is 0.417 e. The molecule has 1 atom stereocenters. The fraction of sp³-hybridized carbons (Fsp3) is 0.188. The van der Waals surface area contributed by atoms with Gasteiger partial charge in [-0.25, -0.2) is 13.4 Å². The number of rotatable bonds is 5. The van der Waals surface area contributed by atoms with Crippen LogP contribution in [0.4, 0.5) is 13.2 Å². The molecule has 0 saturated heterocycles. The van der Waals surface area contributed by atoms with E-state index in [1.54, 1.807) is 0 Å². The first-order valence-corrected chi connectivity index (χ1v) is 9.07. The van der Waals surface area contributed by atoms with Gasteiger partial charge in [0.05, 0.1) is 11.8 Å². The molecule has 0 aliphatic carbocycles. The lowest BCUT2D eigenvalue weighted by atomic mass is 10.2. The molecule has 0 aliphatic rings. The molecule has 142 valence electrons. The van der Waals surface area contributed by atoms with Crippen molar-refractivity contribution in [2.24, 2.45) is 5.16 Å². The average Bonchev–Trinajstić information content (AvgIpc) is 2.62. The Kier molecular flexibility index (Phi) is 6.08. The summed E-state index contributed by atoms with van der Waals surface area (Å²) in [6.45, 7) is 0. The minimum atomic E-state index is -4.83. The van der Waals surface area contributed by atoms with E-state index in [0.29, 0.717) is 17.3 Å². The fourth-order valence-electron chi connectivity index (χ4n) is 2.15. The topological polar surface area (TPSA) is 92.4 Å². The molecular formula is C16H11ClF3N3O3S. The zero-order chi connectivity index (χ0) is 20.2. The maximum atomic E-state index is 13.0. The molecule has 1 aromatic carbocycles. The van der Waals surface area contributed by atoms with Crippen LogP contribution in [0.5, 0.6) is 0 Å². The molecule has 11 heteroatoms. The van der Waals surface area contributed by atoms with Crippen LogP contribution in [0.15, 0.2) is 46.6 Å². The Bertz CT molecular complexity index is 1000. The maximum Gasteiger partial charge on any atom is 0.417 e. The molecule has 0 amide bonds. The number of benzene rings is 1.